The Morgan fingerprint density at radius 2 is 0.400 bits per heavy atom. The van der Waals surface area contributed by atoms with E-state index in [0.717, 1.165) is 30.6 Å². The van der Waals surface area contributed by atoms with Crippen molar-refractivity contribution in [2.75, 3.05) is 39.6 Å². The number of carbonyl (C=O) groups excluding carboxylic acids is 6. The molecule has 0 heterocycles. The predicted octanol–water partition coefficient (Wildman–Crippen LogP) is 24.4. The minimum atomic E-state index is -1.24. The number of ether oxygens (including phenoxy) is 10. The van der Waals surface area contributed by atoms with Crippen LogP contribution >= 0.6 is 12.4 Å². The highest BCUT2D eigenvalue weighted by molar-refractivity contribution is 5.92. The minimum Gasteiger partial charge on any atom is -0.507 e. The van der Waals surface area contributed by atoms with Crippen molar-refractivity contribution in [2.45, 2.75) is 79.1 Å². The van der Waals surface area contributed by atoms with Gasteiger partial charge in [-0.1, -0.05) is 83.9 Å². The Labute approximate surface area is 814 Å². The molecular formula is C114H103ClO25. The van der Waals surface area contributed by atoms with Crippen molar-refractivity contribution in [3.05, 3.63) is 427 Å². The molecule has 25 nitrogen and oxygen atoms in total. The van der Waals surface area contributed by atoms with Gasteiger partial charge >= 0.3 is 29.8 Å². The summed E-state index contributed by atoms with van der Waals surface area (Å²) in [5, 5.41) is 109. The van der Waals surface area contributed by atoms with Crippen molar-refractivity contribution >= 4 is 48.5 Å². The number of fused-ring (bicyclic) bond motifs is 8. The Morgan fingerprint density at radius 3 is 0.543 bits per heavy atom. The van der Waals surface area contributed by atoms with Crippen LogP contribution in [0.2, 0.25) is 0 Å². The molecule has 716 valence electrons. The number of hydrogen-bond donors (Lipinski definition) is 9. The second kappa shape index (κ2) is 47.9. The highest BCUT2D eigenvalue weighted by Gasteiger charge is 2.36. The molecule has 0 amide bonds. The molecule has 1 aliphatic rings. The van der Waals surface area contributed by atoms with Crippen molar-refractivity contribution < 1.29 is 122 Å². The molecule has 16 rings (SSSR count). The number of esters is 5. The SMILES string of the molecule is CCO.CCOC(=O)c1ccc(Oc2ccc(C3c4cc(c(O)cc4O)C(c4ccc(Oc5ccc(C(=O)OCC)cc5)cc4)c4cc(c(O)cc4O)C(c4ccc(Oc5ccc(C(=O)OCC)cc5)cc4)c4cc(c(O)cc4O)C(c4ccc(Oc5ccc(C(=O)OCC)cc5)cc4)c4cc3c(O)cc4O)cc2)cc1.CCOC(=O)c1ccc(Oc2ccc(C=O)cc2)cc1.Cc1cccc(C)c1.Cl. The lowest BCUT2D eigenvalue weighted by molar-refractivity contribution is 0.0516. The average molecular weight is 1910 g/mol. The third kappa shape index (κ3) is 25.4. The molecule has 0 saturated carbocycles. The molecule has 140 heavy (non-hydrogen) atoms. The fourth-order valence-corrected chi connectivity index (χ4v) is 15.8. The van der Waals surface area contributed by atoms with Gasteiger partial charge in [0.25, 0.3) is 0 Å². The lowest BCUT2D eigenvalue weighted by atomic mass is 9.75. The third-order valence-corrected chi connectivity index (χ3v) is 22.2. The first-order chi connectivity index (χ1) is 67.2. The van der Waals surface area contributed by atoms with Crippen LogP contribution in [0.4, 0.5) is 0 Å². The number of aliphatic hydroxyl groups excluding tert-OH is 1. The number of carbonyl (C=O) groups is 6. The zero-order chi connectivity index (χ0) is 98.9. The normalized spacial score (nSPS) is 13.1. The number of phenolic OH excluding ortho intramolecular Hbond substituents is 8. The Morgan fingerprint density at radius 1 is 0.243 bits per heavy atom. The molecule has 15 aromatic rings. The van der Waals surface area contributed by atoms with Gasteiger partial charge in [0, 0.05) is 105 Å². The van der Waals surface area contributed by atoms with Crippen LogP contribution in [-0.4, -0.2) is 122 Å². The summed E-state index contributed by atoms with van der Waals surface area (Å²) in [6.07, 6.45) is 0.776. The molecule has 0 radical (unpaired) electrons. The molecule has 0 saturated heterocycles. The summed E-state index contributed by atoms with van der Waals surface area (Å²) in [6, 6.07) is 84.9. The molecule has 26 heteroatoms. The van der Waals surface area contributed by atoms with E-state index in [4.69, 9.17) is 52.5 Å². The summed E-state index contributed by atoms with van der Waals surface area (Å²) in [6.45, 7) is 15.8. The maximum atomic E-state index is 12.6. The molecule has 1 aliphatic carbocycles. The lowest BCUT2D eigenvalue weighted by Crippen LogP contribution is -2.13. The molecule has 0 aliphatic heterocycles. The van der Waals surface area contributed by atoms with Crippen molar-refractivity contribution in [3.8, 4) is 103 Å². The van der Waals surface area contributed by atoms with E-state index in [1.54, 1.807) is 284 Å². The molecule has 0 aromatic heterocycles. The van der Waals surface area contributed by atoms with Crippen molar-refractivity contribution in [1.82, 2.24) is 0 Å². The van der Waals surface area contributed by atoms with Crippen LogP contribution in [0.5, 0.6) is 103 Å². The maximum absolute atomic E-state index is 12.6. The first-order valence-corrected chi connectivity index (χ1v) is 44.8. The Kier molecular flexibility index (Phi) is 34.9. The number of aryl methyl sites for hydroxylation is 2. The van der Waals surface area contributed by atoms with Gasteiger partial charge in [0.1, 0.15) is 110 Å². The topological polar surface area (TPSA) is 377 Å². The van der Waals surface area contributed by atoms with E-state index >= 15 is 0 Å². The zero-order valence-electron chi connectivity index (χ0n) is 77.6. The van der Waals surface area contributed by atoms with Gasteiger partial charge in [-0.25, -0.2) is 24.0 Å². The number of aromatic hydroxyl groups is 8. The van der Waals surface area contributed by atoms with E-state index in [1.165, 1.54) is 35.4 Å². The van der Waals surface area contributed by atoms with Crippen LogP contribution in [0.3, 0.4) is 0 Å². The van der Waals surface area contributed by atoms with Crippen LogP contribution in [0.1, 0.15) is 205 Å². The largest absolute Gasteiger partial charge is 0.507 e. The molecule has 0 unspecified atom stereocenters. The van der Waals surface area contributed by atoms with Gasteiger partial charge in [0.05, 0.1) is 60.9 Å². The van der Waals surface area contributed by atoms with Gasteiger partial charge in [-0.15, -0.1) is 12.4 Å². The van der Waals surface area contributed by atoms with Gasteiger partial charge in [-0.2, -0.15) is 0 Å². The van der Waals surface area contributed by atoms with Gasteiger partial charge in [-0.05, 0) is 296 Å². The Bertz CT molecular complexity index is 6010. The van der Waals surface area contributed by atoms with Gasteiger partial charge in [0.15, 0.2) is 0 Å². The third-order valence-electron chi connectivity index (χ3n) is 22.2. The number of aldehydes is 1. The molecule has 8 bridgehead atoms. The number of hydrogen-bond acceptors (Lipinski definition) is 25. The Hall–Kier alpha value is -17.0. The van der Waals surface area contributed by atoms with Crippen LogP contribution in [0.25, 0.3) is 0 Å². The van der Waals surface area contributed by atoms with E-state index < -0.39 is 93.5 Å². The minimum absolute atomic E-state index is 0. The molecule has 0 spiro atoms. The van der Waals surface area contributed by atoms with E-state index in [-0.39, 0.29) is 95.9 Å². The summed E-state index contributed by atoms with van der Waals surface area (Å²) in [5.74, 6) is -6.93. The fourth-order valence-electron chi connectivity index (χ4n) is 15.8. The van der Waals surface area contributed by atoms with Crippen molar-refractivity contribution in [1.29, 1.82) is 0 Å². The zero-order valence-corrected chi connectivity index (χ0v) is 78.4. The first-order valence-electron chi connectivity index (χ1n) is 44.8. The summed E-state index contributed by atoms with van der Waals surface area (Å²) >= 11 is 0. The monoisotopic (exact) mass is 1910 g/mol. The summed E-state index contributed by atoms with van der Waals surface area (Å²) in [4.78, 5) is 72.2. The van der Waals surface area contributed by atoms with E-state index in [9.17, 15) is 69.6 Å². The number of rotatable bonds is 25. The molecule has 0 atom stereocenters. The number of benzene rings is 15. The van der Waals surface area contributed by atoms with Gasteiger partial charge < -0.3 is 93.3 Å². The standard InChI is InChI=1S/C88H72O20.C16H14O4.C8H10.C2H6O.ClH/c1-5-101-85(97)53-17-33-61(34-18-53)105-57-25-9-49(10-26-57)81-65-41-67(75(91)45-73(65)89)82(50-11-27-58(28-12-50)106-62-35-19-54(20-36-62)86(98)102-6-2)69-43-71(79(95)47-77(69)93)84(52-15-31-60(32-16-52)108-64-39-23-56(24-40-64)88(100)104-8-4)72-44-70(78(94)48-80(72)96)83(68-42-66(81)74(90)46-76(68)92)51-13-29-59(30-14-51)107-63-37-21-55(22-38-63)87(99)103-7-3;1-2-19-16(18)13-5-9-15(10-6-13)20-14-7-3-12(11-17)4-8-14;1-7-4-3-5-8(2)6-7;1-2-3;/h9-48,81-84,89-96H,5-8H2,1-4H3;3-11H,2H2,1H3;3-6H,1-2H3;3H,2H2,1H3;1H. The maximum Gasteiger partial charge on any atom is 0.338 e. The highest BCUT2D eigenvalue weighted by Crippen LogP contribution is 2.55. The number of aliphatic hydroxyl groups is 1. The van der Waals surface area contributed by atoms with Crippen LogP contribution in [0, 0.1) is 13.8 Å². The lowest BCUT2D eigenvalue weighted by Gasteiger charge is -2.30. The van der Waals surface area contributed by atoms with E-state index in [0.29, 0.717) is 120 Å². The smallest absolute Gasteiger partial charge is 0.338 e. The van der Waals surface area contributed by atoms with Gasteiger partial charge in [0.2, 0.25) is 0 Å². The van der Waals surface area contributed by atoms with Crippen LogP contribution < -0.4 is 23.7 Å². The van der Waals surface area contributed by atoms with Gasteiger partial charge in [-0.3, -0.25) is 4.79 Å². The molecule has 15 aromatic carbocycles. The van der Waals surface area contributed by atoms with Crippen LogP contribution in [0.15, 0.2) is 315 Å². The second-order valence-corrected chi connectivity index (χ2v) is 31.8. The average Bonchev–Trinajstić information content (AvgIpc) is 0.736. The van der Waals surface area contributed by atoms with E-state index in [1.807, 2.05) is 0 Å². The number of halogens is 1. The quantitative estimate of drug-likeness (QED) is 0.0146. The Balaban J connectivity index is 0.000000465. The van der Waals surface area contributed by atoms with E-state index in [2.05, 4.69) is 38.1 Å². The molecule has 9 N–H and O–H groups in total. The van der Waals surface area contributed by atoms with Crippen molar-refractivity contribution in [3.63, 3.8) is 0 Å². The number of phenols is 8. The molecule has 0 fully saturated rings. The predicted molar refractivity (Wildman–Crippen MR) is 529 cm³/mol. The summed E-state index contributed by atoms with van der Waals surface area (Å²) < 4.78 is 56.3. The highest BCUT2D eigenvalue weighted by atomic mass is 35.5. The summed E-state index contributed by atoms with van der Waals surface area (Å²) in [5.41, 5.74) is 7.31. The van der Waals surface area contributed by atoms with Crippen LogP contribution in [-0.2, 0) is 23.7 Å². The fraction of sp³-hybridized carbons (Fsp3) is 0.158. The van der Waals surface area contributed by atoms with Crippen molar-refractivity contribution in [2.24, 2.45) is 0 Å². The summed E-state index contributed by atoms with van der Waals surface area (Å²) in [7, 11) is 0. The second-order valence-electron chi connectivity index (χ2n) is 31.8. The molecular weight excluding hydrogens is 1800 g/mol. The first kappa shape index (κ1) is 102.